The largest absolute Gasteiger partial charge is 0.382 e. The first kappa shape index (κ1) is 21.5. The van der Waals surface area contributed by atoms with Crippen molar-refractivity contribution in [2.24, 2.45) is 0 Å². The number of nitrogens with zero attached hydrogens (tertiary/aromatic N) is 4. The molecule has 1 aromatic heterocycles. The molecule has 4 rings (SSSR count). The first-order chi connectivity index (χ1) is 15.4. The Morgan fingerprint density at radius 1 is 1.12 bits per heavy atom. The first-order valence-corrected chi connectivity index (χ1v) is 10.5. The molecule has 2 amide bonds. The molecule has 1 atom stereocenters. The standard InChI is InChI=1S/C24H26N6O2.4H2/c1-29(2)19-12-13-30(15-19)24(32)17-10-8-16(9-11-17)20-14-26-22(25)21(28-20)23(31)27-18-6-4-3-5-7-18;;;;/h3-11,14,19H,12-13,15H2,1-2H3,(H2,25,26)(H,27,31);4*1H/t19-;;;;/m0..../s1. The number of anilines is 2. The number of nitrogen functional groups attached to an aromatic ring is 1. The van der Waals surface area contributed by atoms with Crippen molar-refractivity contribution in [3.63, 3.8) is 0 Å². The maximum Gasteiger partial charge on any atom is 0.278 e. The van der Waals surface area contributed by atoms with Crippen molar-refractivity contribution in [1.29, 1.82) is 0 Å². The van der Waals surface area contributed by atoms with Gasteiger partial charge < -0.3 is 20.9 Å². The van der Waals surface area contributed by atoms with E-state index >= 15 is 0 Å². The number of likely N-dealkylation sites (tertiary alicyclic amines) is 1. The molecule has 1 saturated heterocycles. The van der Waals surface area contributed by atoms with Gasteiger partial charge in [0.05, 0.1) is 11.9 Å². The summed E-state index contributed by atoms with van der Waals surface area (Å²) in [6.07, 6.45) is 2.50. The van der Waals surface area contributed by atoms with Crippen molar-refractivity contribution in [2.75, 3.05) is 38.2 Å². The number of benzene rings is 2. The fourth-order valence-electron chi connectivity index (χ4n) is 3.73. The SMILES string of the molecule is CN(C)[C@H]1CCN(C(=O)c2ccc(-c3cnc(N)c(C(=O)Nc4ccccc4)n3)cc2)C1.[HH].[HH].[HH].[HH]. The molecule has 172 valence electrons. The molecule has 2 aromatic carbocycles. The number of rotatable bonds is 5. The van der Waals surface area contributed by atoms with Gasteiger partial charge in [0.1, 0.15) is 0 Å². The molecule has 0 saturated carbocycles. The van der Waals surface area contributed by atoms with Gasteiger partial charge in [-0.1, -0.05) is 30.3 Å². The van der Waals surface area contributed by atoms with Crippen LogP contribution in [0.2, 0.25) is 0 Å². The predicted molar refractivity (Wildman–Crippen MR) is 133 cm³/mol. The number of para-hydroxylation sites is 1. The van der Waals surface area contributed by atoms with Crippen LogP contribution in [-0.2, 0) is 0 Å². The van der Waals surface area contributed by atoms with Crippen LogP contribution >= 0.6 is 0 Å². The number of carbonyl (C=O) groups is 2. The topological polar surface area (TPSA) is 104 Å². The monoisotopic (exact) mass is 438 g/mol. The number of nitrogens with one attached hydrogen (secondary N) is 1. The molecule has 1 aliphatic rings. The molecule has 1 fully saturated rings. The summed E-state index contributed by atoms with van der Waals surface area (Å²) in [6.45, 7) is 1.49. The molecule has 0 aliphatic carbocycles. The third-order valence-corrected chi connectivity index (χ3v) is 5.66. The van der Waals surface area contributed by atoms with Crippen LogP contribution in [0, 0.1) is 0 Å². The predicted octanol–water partition coefficient (Wildman–Crippen LogP) is 3.74. The second kappa shape index (κ2) is 9.15. The van der Waals surface area contributed by atoms with Crippen molar-refractivity contribution in [3.05, 3.63) is 72.1 Å². The third kappa shape index (κ3) is 4.60. The molecule has 0 unspecified atom stereocenters. The summed E-state index contributed by atoms with van der Waals surface area (Å²) in [5.74, 6) is -0.356. The Balaban J connectivity index is 0.00000306. The molecule has 0 bridgehead atoms. The van der Waals surface area contributed by atoms with Gasteiger partial charge >= 0.3 is 0 Å². The van der Waals surface area contributed by atoms with E-state index in [0.29, 0.717) is 23.0 Å². The lowest BCUT2D eigenvalue weighted by Crippen LogP contribution is -2.34. The molecule has 3 N–H and O–H groups in total. The van der Waals surface area contributed by atoms with Gasteiger partial charge in [-0.2, -0.15) is 0 Å². The second-order valence-corrected chi connectivity index (χ2v) is 8.04. The minimum absolute atomic E-state index is 0. The normalized spacial score (nSPS) is 15.7. The molecule has 8 heteroatoms. The maximum atomic E-state index is 12.8. The van der Waals surface area contributed by atoms with Crippen LogP contribution in [0.15, 0.2) is 60.8 Å². The number of nitrogens with two attached hydrogens (primary N) is 1. The van der Waals surface area contributed by atoms with Gasteiger partial charge in [-0.05, 0) is 44.8 Å². The lowest BCUT2D eigenvalue weighted by Gasteiger charge is -2.20. The highest BCUT2D eigenvalue weighted by Crippen LogP contribution is 2.22. The van der Waals surface area contributed by atoms with E-state index in [1.807, 2.05) is 49.3 Å². The van der Waals surface area contributed by atoms with E-state index in [1.165, 1.54) is 6.20 Å². The van der Waals surface area contributed by atoms with E-state index in [0.717, 1.165) is 25.1 Å². The fourth-order valence-corrected chi connectivity index (χ4v) is 3.73. The van der Waals surface area contributed by atoms with E-state index in [2.05, 4.69) is 20.2 Å². The van der Waals surface area contributed by atoms with Gasteiger partial charge in [-0.15, -0.1) is 0 Å². The minimum Gasteiger partial charge on any atom is -0.382 e. The Labute approximate surface area is 193 Å². The van der Waals surface area contributed by atoms with Gasteiger partial charge in [0.15, 0.2) is 11.5 Å². The Morgan fingerprint density at radius 3 is 2.50 bits per heavy atom. The van der Waals surface area contributed by atoms with E-state index in [1.54, 1.807) is 24.3 Å². The summed E-state index contributed by atoms with van der Waals surface area (Å²) in [6, 6.07) is 16.7. The van der Waals surface area contributed by atoms with Crippen LogP contribution in [0.25, 0.3) is 11.3 Å². The Hall–Kier alpha value is -3.78. The van der Waals surface area contributed by atoms with Crippen LogP contribution in [0.4, 0.5) is 11.5 Å². The molecule has 0 spiro atoms. The lowest BCUT2D eigenvalue weighted by molar-refractivity contribution is 0.0783. The second-order valence-electron chi connectivity index (χ2n) is 8.04. The number of amides is 2. The molecule has 2 heterocycles. The highest BCUT2D eigenvalue weighted by atomic mass is 16.2. The fraction of sp³-hybridized carbons (Fsp3) is 0.250. The average molecular weight is 439 g/mol. The smallest absolute Gasteiger partial charge is 0.278 e. The first-order valence-electron chi connectivity index (χ1n) is 10.5. The van der Waals surface area contributed by atoms with Crippen molar-refractivity contribution in [1.82, 2.24) is 19.8 Å². The van der Waals surface area contributed by atoms with Crippen LogP contribution in [0.5, 0.6) is 0 Å². The molecule has 1 aliphatic heterocycles. The van der Waals surface area contributed by atoms with Crippen molar-refractivity contribution < 1.29 is 15.3 Å². The maximum absolute atomic E-state index is 12.8. The van der Waals surface area contributed by atoms with Crippen LogP contribution in [-0.4, -0.2) is 64.8 Å². The van der Waals surface area contributed by atoms with Crippen LogP contribution < -0.4 is 11.1 Å². The molecular formula is C24H34N6O2. The van der Waals surface area contributed by atoms with Gasteiger partial charge in [-0.25, -0.2) is 9.97 Å². The van der Waals surface area contributed by atoms with Crippen molar-refractivity contribution in [2.45, 2.75) is 12.5 Å². The third-order valence-electron chi connectivity index (χ3n) is 5.66. The molecule has 32 heavy (non-hydrogen) atoms. The summed E-state index contributed by atoms with van der Waals surface area (Å²) in [5, 5.41) is 2.77. The van der Waals surface area contributed by atoms with Gasteiger partial charge in [0.2, 0.25) is 0 Å². The van der Waals surface area contributed by atoms with Crippen LogP contribution in [0.1, 0.15) is 33.0 Å². The Morgan fingerprint density at radius 2 is 1.84 bits per heavy atom. The van der Waals surface area contributed by atoms with E-state index in [9.17, 15) is 9.59 Å². The number of hydrogen-bond donors (Lipinski definition) is 2. The van der Waals surface area contributed by atoms with E-state index in [-0.39, 0.29) is 23.1 Å². The number of carbonyl (C=O) groups excluding carboxylic acids is 2. The molecule has 8 nitrogen and oxygen atoms in total. The van der Waals surface area contributed by atoms with Gasteiger partial charge in [0, 0.05) is 41.7 Å². The van der Waals surface area contributed by atoms with Gasteiger partial charge in [-0.3, -0.25) is 9.59 Å². The van der Waals surface area contributed by atoms with E-state index in [4.69, 9.17) is 5.73 Å². The van der Waals surface area contributed by atoms with Crippen molar-refractivity contribution in [3.8, 4) is 11.3 Å². The summed E-state index contributed by atoms with van der Waals surface area (Å²) in [5.41, 5.74) is 8.47. The summed E-state index contributed by atoms with van der Waals surface area (Å²) in [7, 11) is 4.07. The zero-order chi connectivity index (χ0) is 22.7. The highest BCUT2D eigenvalue weighted by molar-refractivity contribution is 6.06. The summed E-state index contributed by atoms with van der Waals surface area (Å²) < 4.78 is 0. The summed E-state index contributed by atoms with van der Waals surface area (Å²) >= 11 is 0. The number of hydrogen-bond acceptors (Lipinski definition) is 6. The number of likely N-dealkylation sites (N-methyl/N-ethyl adjacent to an activating group) is 1. The molecule has 0 radical (unpaired) electrons. The average Bonchev–Trinajstić information content (AvgIpc) is 3.30. The highest BCUT2D eigenvalue weighted by Gasteiger charge is 2.28. The lowest BCUT2D eigenvalue weighted by atomic mass is 10.1. The molecule has 3 aromatic rings. The Bertz CT molecular complexity index is 1130. The zero-order valence-electron chi connectivity index (χ0n) is 18.2. The van der Waals surface area contributed by atoms with E-state index < -0.39 is 5.91 Å². The summed E-state index contributed by atoms with van der Waals surface area (Å²) in [4.78, 5) is 38.1. The minimum atomic E-state index is -0.431. The van der Waals surface area contributed by atoms with Crippen molar-refractivity contribution >= 4 is 23.3 Å². The molecular weight excluding hydrogens is 404 g/mol. The quantitative estimate of drug-likeness (QED) is 0.629. The Kier molecular flexibility index (Phi) is 6.13. The zero-order valence-corrected chi connectivity index (χ0v) is 18.2. The number of aromatic nitrogens is 2. The van der Waals surface area contributed by atoms with Crippen LogP contribution in [0.3, 0.4) is 0 Å². The van der Waals surface area contributed by atoms with Gasteiger partial charge in [0.25, 0.3) is 11.8 Å².